The van der Waals surface area contributed by atoms with Gasteiger partial charge in [0.05, 0.1) is 5.41 Å². The Bertz CT molecular complexity index is 605. The second-order valence-corrected chi connectivity index (χ2v) is 6.35. The second kappa shape index (κ2) is 6.46. The molecule has 2 rings (SSSR count). The van der Waals surface area contributed by atoms with E-state index in [1.54, 1.807) is 7.05 Å². The molecule has 0 heterocycles. The maximum Gasteiger partial charge on any atom is 0.249 e. The van der Waals surface area contributed by atoms with Crippen molar-refractivity contribution in [3.63, 3.8) is 0 Å². The SMILES string of the molecule is C#CC1CC(C(=O)NNC(=S)NC)(c2cccc(Br)c2)C1. The van der Waals surface area contributed by atoms with Gasteiger partial charge in [-0.3, -0.25) is 15.6 Å². The highest BCUT2D eigenvalue weighted by molar-refractivity contribution is 9.10. The van der Waals surface area contributed by atoms with Crippen molar-refractivity contribution in [1.29, 1.82) is 0 Å². The predicted molar refractivity (Wildman–Crippen MR) is 90.3 cm³/mol. The van der Waals surface area contributed by atoms with Gasteiger partial charge >= 0.3 is 0 Å². The van der Waals surface area contributed by atoms with Gasteiger partial charge in [0.1, 0.15) is 0 Å². The van der Waals surface area contributed by atoms with Crippen LogP contribution >= 0.6 is 28.1 Å². The summed E-state index contributed by atoms with van der Waals surface area (Å²) in [5, 5.41) is 3.10. The fourth-order valence-electron chi connectivity index (χ4n) is 2.53. The zero-order chi connectivity index (χ0) is 15.5. The minimum atomic E-state index is -0.600. The van der Waals surface area contributed by atoms with Crippen LogP contribution in [0.1, 0.15) is 18.4 Å². The number of hydrogen-bond acceptors (Lipinski definition) is 2. The fourth-order valence-corrected chi connectivity index (χ4v) is 2.98. The smallest absolute Gasteiger partial charge is 0.249 e. The third kappa shape index (κ3) is 3.20. The van der Waals surface area contributed by atoms with Gasteiger partial charge < -0.3 is 5.32 Å². The second-order valence-electron chi connectivity index (χ2n) is 5.02. The molecule has 1 aliphatic rings. The monoisotopic (exact) mass is 365 g/mol. The Morgan fingerprint density at radius 3 is 2.76 bits per heavy atom. The molecule has 1 saturated carbocycles. The lowest BCUT2D eigenvalue weighted by Crippen LogP contribution is -2.57. The molecule has 6 heteroatoms. The Morgan fingerprint density at radius 2 is 2.19 bits per heavy atom. The summed E-state index contributed by atoms with van der Waals surface area (Å²) >= 11 is 8.40. The van der Waals surface area contributed by atoms with Gasteiger partial charge in [-0.15, -0.1) is 12.3 Å². The van der Waals surface area contributed by atoms with E-state index in [1.165, 1.54) is 0 Å². The van der Waals surface area contributed by atoms with Gasteiger partial charge in [0.15, 0.2) is 5.11 Å². The molecule has 0 bridgehead atoms. The Balaban J connectivity index is 2.21. The van der Waals surface area contributed by atoms with E-state index in [0.717, 1.165) is 10.0 Å². The van der Waals surface area contributed by atoms with Crippen molar-refractivity contribution in [3.8, 4) is 12.3 Å². The Hall–Kier alpha value is -1.58. The quantitative estimate of drug-likeness (QED) is 0.425. The summed E-state index contributed by atoms with van der Waals surface area (Å²) < 4.78 is 0.940. The molecule has 0 atom stereocenters. The molecule has 1 aliphatic carbocycles. The molecule has 0 saturated heterocycles. The Labute approximate surface area is 138 Å². The lowest BCUT2D eigenvalue weighted by molar-refractivity contribution is -0.131. The van der Waals surface area contributed by atoms with Crippen molar-refractivity contribution in [1.82, 2.24) is 16.2 Å². The van der Waals surface area contributed by atoms with Crippen molar-refractivity contribution in [2.24, 2.45) is 5.92 Å². The van der Waals surface area contributed by atoms with Crippen LogP contribution in [0, 0.1) is 18.3 Å². The van der Waals surface area contributed by atoms with E-state index in [4.69, 9.17) is 18.6 Å². The van der Waals surface area contributed by atoms with E-state index >= 15 is 0 Å². The topological polar surface area (TPSA) is 53.2 Å². The summed E-state index contributed by atoms with van der Waals surface area (Å²) in [6, 6.07) is 7.76. The highest BCUT2D eigenvalue weighted by Gasteiger charge is 2.51. The van der Waals surface area contributed by atoms with Crippen LogP contribution < -0.4 is 16.2 Å². The summed E-state index contributed by atoms with van der Waals surface area (Å²) in [4.78, 5) is 12.6. The number of hydrogen-bond donors (Lipinski definition) is 3. The summed E-state index contributed by atoms with van der Waals surface area (Å²) in [5.41, 5.74) is 5.70. The Morgan fingerprint density at radius 1 is 1.48 bits per heavy atom. The maximum absolute atomic E-state index is 12.6. The van der Waals surface area contributed by atoms with Gasteiger partial charge in [-0.05, 0) is 42.8 Å². The first-order chi connectivity index (χ1) is 10.0. The Kier molecular flexibility index (Phi) is 4.86. The first-order valence-corrected chi connectivity index (χ1v) is 7.72. The van der Waals surface area contributed by atoms with Gasteiger partial charge in [-0.1, -0.05) is 28.1 Å². The lowest BCUT2D eigenvalue weighted by atomic mass is 9.58. The van der Waals surface area contributed by atoms with Gasteiger partial charge in [-0.25, -0.2) is 0 Å². The number of benzene rings is 1. The zero-order valence-electron chi connectivity index (χ0n) is 11.6. The molecule has 1 amide bonds. The summed E-state index contributed by atoms with van der Waals surface area (Å²) in [7, 11) is 1.68. The molecule has 21 heavy (non-hydrogen) atoms. The van der Waals surface area contributed by atoms with Crippen LogP contribution in [0.3, 0.4) is 0 Å². The van der Waals surface area contributed by atoms with E-state index in [1.807, 2.05) is 24.3 Å². The first kappa shape index (κ1) is 15.8. The number of amides is 1. The van der Waals surface area contributed by atoms with Crippen molar-refractivity contribution in [2.75, 3.05) is 7.05 Å². The number of terminal acetylenes is 1. The highest BCUT2D eigenvalue weighted by Crippen LogP contribution is 2.48. The third-order valence-corrected chi connectivity index (χ3v) is 4.55. The normalized spacial score (nSPS) is 23.4. The van der Waals surface area contributed by atoms with Crippen LogP contribution in [0.2, 0.25) is 0 Å². The average molecular weight is 366 g/mol. The molecule has 110 valence electrons. The first-order valence-electron chi connectivity index (χ1n) is 6.52. The molecule has 0 radical (unpaired) electrons. The van der Waals surface area contributed by atoms with Crippen molar-refractivity contribution in [3.05, 3.63) is 34.3 Å². The third-order valence-electron chi connectivity index (χ3n) is 3.75. The van der Waals surface area contributed by atoms with Crippen molar-refractivity contribution in [2.45, 2.75) is 18.3 Å². The van der Waals surface area contributed by atoms with E-state index in [9.17, 15) is 4.79 Å². The van der Waals surface area contributed by atoms with E-state index in [0.29, 0.717) is 18.0 Å². The van der Waals surface area contributed by atoms with Crippen molar-refractivity contribution >= 4 is 39.2 Å². The van der Waals surface area contributed by atoms with Gasteiger partial charge in [0.2, 0.25) is 5.91 Å². The molecule has 0 unspecified atom stereocenters. The minimum absolute atomic E-state index is 0.121. The van der Waals surface area contributed by atoms with Crippen molar-refractivity contribution < 1.29 is 4.79 Å². The molecular formula is C15H16BrN3OS. The maximum atomic E-state index is 12.6. The van der Waals surface area contributed by atoms with E-state index in [-0.39, 0.29) is 11.8 Å². The van der Waals surface area contributed by atoms with E-state index in [2.05, 4.69) is 38.0 Å². The number of thiocarbonyl (C=S) groups is 1. The van der Waals surface area contributed by atoms with Gasteiger partial charge in [0, 0.05) is 17.4 Å². The average Bonchev–Trinajstić information content (AvgIpc) is 2.44. The zero-order valence-corrected chi connectivity index (χ0v) is 14.0. The van der Waals surface area contributed by atoms with Crippen LogP contribution in [0.15, 0.2) is 28.7 Å². The summed E-state index contributed by atoms with van der Waals surface area (Å²) in [5.74, 6) is 2.73. The number of rotatable bonds is 2. The number of hydrazine groups is 1. The number of carbonyl (C=O) groups excluding carboxylic acids is 1. The summed E-state index contributed by atoms with van der Waals surface area (Å²) in [6.45, 7) is 0. The van der Waals surface area contributed by atoms with Crippen LogP contribution in [0.4, 0.5) is 0 Å². The summed E-state index contributed by atoms with van der Waals surface area (Å²) in [6.07, 6.45) is 6.75. The van der Waals surface area contributed by atoms with Crippen LogP contribution in [0.25, 0.3) is 0 Å². The number of nitrogens with one attached hydrogen (secondary N) is 3. The van der Waals surface area contributed by atoms with Crippen LogP contribution in [-0.2, 0) is 10.2 Å². The molecule has 1 aromatic carbocycles. The number of carbonyl (C=O) groups is 1. The van der Waals surface area contributed by atoms with E-state index < -0.39 is 5.41 Å². The van der Waals surface area contributed by atoms with Crippen LogP contribution in [-0.4, -0.2) is 18.1 Å². The molecular weight excluding hydrogens is 350 g/mol. The minimum Gasteiger partial charge on any atom is -0.364 e. The highest BCUT2D eigenvalue weighted by atomic mass is 79.9. The molecule has 0 spiro atoms. The van der Waals surface area contributed by atoms with Gasteiger partial charge in [0.25, 0.3) is 0 Å². The molecule has 1 aromatic rings. The molecule has 3 N–H and O–H groups in total. The standard InChI is InChI=1S/C15H16BrN3OS/c1-3-10-8-15(9-10,11-5-4-6-12(16)7-11)13(20)18-19-14(21)17-2/h1,4-7,10H,8-9H2,2H3,(H,18,20)(H2,17,19,21). The molecule has 4 nitrogen and oxygen atoms in total. The largest absolute Gasteiger partial charge is 0.364 e. The fraction of sp³-hybridized carbons (Fsp3) is 0.333. The lowest BCUT2D eigenvalue weighted by Gasteiger charge is -2.44. The van der Waals surface area contributed by atoms with Crippen LogP contribution in [0.5, 0.6) is 0 Å². The van der Waals surface area contributed by atoms with Gasteiger partial charge in [-0.2, -0.15) is 0 Å². The predicted octanol–water partition coefficient (Wildman–Crippen LogP) is 1.86. The molecule has 1 fully saturated rings. The molecule has 0 aromatic heterocycles. The number of halogens is 1. The molecule has 0 aliphatic heterocycles.